The molecule has 1 unspecified atom stereocenters. The van der Waals surface area contributed by atoms with Crippen molar-refractivity contribution in [2.24, 2.45) is 4.99 Å². The summed E-state index contributed by atoms with van der Waals surface area (Å²) in [6.45, 7) is 3.75. The summed E-state index contributed by atoms with van der Waals surface area (Å²) < 4.78 is 0. The number of hydrogen-bond acceptors (Lipinski definition) is 3. The Labute approximate surface area is 178 Å². The van der Waals surface area contributed by atoms with Crippen LogP contribution in [0, 0.1) is 0 Å². The molecule has 0 aliphatic heterocycles. The highest BCUT2D eigenvalue weighted by atomic mass is 16.3. The van der Waals surface area contributed by atoms with Gasteiger partial charge in [-0.3, -0.25) is 4.98 Å². The number of guanidine groups is 1. The molecule has 0 radical (unpaired) electrons. The lowest BCUT2D eigenvalue weighted by molar-refractivity contribution is 0.0467. The molecule has 0 bridgehead atoms. The van der Waals surface area contributed by atoms with E-state index in [4.69, 9.17) is 4.99 Å². The van der Waals surface area contributed by atoms with E-state index in [-0.39, 0.29) is 6.54 Å². The summed E-state index contributed by atoms with van der Waals surface area (Å²) >= 11 is 0. The van der Waals surface area contributed by atoms with Crippen molar-refractivity contribution in [2.45, 2.75) is 25.4 Å². The fourth-order valence-corrected chi connectivity index (χ4v) is 3.34. The molecule has 0 fully saturated rings. The van der Waals surface area contributed by atoms with E-state index in [1.807, 2.05) is 85.8 Å². The molecule has 0 aliphatic rings. The number of nitrogens with zero attached hydrogens (tertiary/aromatic N) is 2. The second-order valence-corrected chi connectivity index (χ2v) is 7.25. The van der Waals surface area contributed by atoms with Crippen molar-refractivity contribution in [1.29, 1.82) is 0 Å². The minimum absolute atomic E-state index is 0.255. The third-order valence-electron chi connectivity index (χ3n) is 4.89. The molecule has 1 heterocycles. The number of rotatable bonds is 9. The van der Waals surface area contributed by atoms with E-state index in [0.717, 1.165) is 29.8 Å². The molecule has 156 valence electrons. The maximum absolute atomic E-state index is 11.6. The van der Waals surface area contributed by atoms with Gasteiger partial charge in [-0.2, -0.15) is 0 Å². The maximum atomic E-state index is 11.6. The molecule has 1 aromatic heterocycles. The van der Waals surface area contributed by atoms with Crippen LogP contribution in [-0.2, 0) is 18.4 Å². The second-order valence-electron chi connectivity index (χ2n) is 7.25. The topological polar surface area (TPSA) is 69.5 Å². The molecule has 0 spiro atoms. The van der Waals surface area contributed by atoms with Gasteiger partial charge < -0.3 is 15.7 Å². The summed E-state index contributed by atoms with van der Waals surface area (Å²) in [4.78, 5) is 9.07. The molecular formula is C25H30N4O. The monoisotopic (exact) mass is 402 g/mol. The van der Waals surface area contributed by atoms with E-state index in [0.29, 0.717) is 18.9 Å². The van der Waals surface area contributed by atoms with Crippen LogP contribution in [0.4, 0.5) is 0 Å². The third-order valence-corrected chi connectivity index (χ3v) is 4.89. The number of hydrogen-bond donors (Lipinski definition) is 3. The Kier molecular flexibility index (Phi) is 7.98. The molecule has 3 N–H and O–H groups in total. The van der Waals surface area contributed by atoms with Crippen LogP contribution in [0.3, 0.4) is 0 Å². The van der Waals surface area contributed by atoms with Gasteiger partial charge in [0, 0.05) is 37.8 Å². The second kappa shape index (κ2) is 11.1. The van der Waals surface area contributed by atoms with Gasteiger partial charge in [-0.05, 0) is 30.2 Å². The summed E-state index contributed by atoms with van der Waals surface area (Å²) in [7, 11) is 0. The van der Waals surface area contributed by atoms with Crippen molar-refractivity contribution in [3.63, 3.8) is 0 Å². The molecule has 2 aromatic carbocycles. The third kappa shape index (κ3) is 6.42. The van der Waals surface area contributed by atoms with Gasteiger partial charge in [0.05, 0.1) is 6.54 Å². The van der Waals surface area contributed by atoms with Gasteiger partial charge in [-0.1, -0.05) is 66.7 Å². The van der Waals surface area contributed by atoms with Gasteiger partial charge in [0.25, 0.3) is 0 Å². The lowest BCUT2D eigenvalue weighted by Crippen LogP contribution is -2.40. The average Bonchev–Trinajstić information content (AvgIpc) is 2.79. The van der Waals surface area contributed by atoms with E-state index in [9.17, 15) is 5.11 Å². The molecule has 0 saturated heterocycles. The fraction of sp³-hybridized carbons (Fsp3) is 0.280. The van der Waals surface area contributed by atoms with Crippen molar-refractivity contribution in [2.75, 3.05) is 19.6 Å². The number of nitrogens with one attached hydrogen (secondary N) is 2. The van der Waals surface area contributed by atoms with Crippen LogP contribution in [0.15, 0.2) is 90.1 Å². The first-order chi connectivity index (χ1) is 14.7. The summed E-state index contributed by atoms with van der Waals surface area (Å²) in [6, 6.07) is 25.7. The van der Waals surface area contributed by atoms with Crippen molar-refractivity contribution in [3.05, 3.63) is 102 Å². The van der Waals surface area contributed by atoms with Crippen molar-refractivity contribution >= 4 is 5.96 Å². The first-order valence-electron chi connectivity index (χ1n) is 10.4. The highest BCUT2D eigenvalue weighted by Crippen LogP contribution is 2.26. The Morgan fingerprint density at radius 3 is 2.30 bits per heavy atom. The number of benzene rings is 2. The summed E-state index contributed by atoms with van der Waals surface area (Å²) in [5, 5.41) is 18.2. The van der Waals surface area contributed by atoms with Crippen LogP contribution in [0.2, 0.25) is 0 Å². The largest absolute Gasteiger partial charge is 0.383 e. The summed E-state index contributed by atoms with van der Waals surface area (Å²) in [6.07, 6.45) is 3.10. The number of aliphatic imine (C=N–C) groups is 1. The Bertz CT molecular complexity index is 900. The van der Waals surface area contributed by atoms with Gasteiger partial charge in [-0.15, -0.1) is 0 Å². The van der Waals surface area contributed by atoms with Crippen LogP contribution in [0.5, 0.6) is 0 Å². The summed E-state index contributed by atoms with van der Waals surface area (Å²) in [5.74, 6) is 0.691. The van der Waals surface area contributed by atoms with Crippen molar-refractivity contribution < 1.29 is 5.11 Å². The van der Waals surface area contributed by atoms with Crippen molar-refractivity contribution in [1.82, 2.24) is 15.6 Å². The zero-order valence-electron chi connectivity index (χ0n) is 17.5. The smallest absolute Gasteiger partial charge is 0.191 e. The predicted octanol–water partition coefficient (Wildman–Crippen LogP) is 3.31. The highest BCUT2D eigenvalue weighted by molar-refractivity contribution is 5.79. The Morgan fingerprint density at radius 1 is 0.933 bits per heavy atom. The molecule has 0 amide bonds. The van der Waals surface area contributed by atoms with E-state index >= 15 is 0 Å². The summed E-state index contributed by atoms with van der Waals surface area (Å²) in [5.41, 5.74) is 1.88. The highest BCUT2D eigenvalue weighted by Gasteiger charge is 2.29. The zero-order valence-corrected chi connectivity index (χ0v) is 17.5. The lowest BCUT2D eigenvalue weighted by Gasteiger charge is -2.28. The van der Waals surface area contributed by atoms with Crippen molar-refractivity contribution in [3.8, 4) is 0 Å². The quantitative estimate of drug-likeness (QED) is 0.379. The molecule has 3 rings (SSSR count). The SMILES string of the molecule is CCNC(=NCC(O)(Cc1ccccc1)c1ccccc1)NCCc1ccccn1. The van der Waals surface area contributed by atoms with Crippen LogP contribution < -0.4 is 10.6 Å². The molecule has 30 heavy (non-hydrogen) atoms. The number of aromatic nitrogens is 1. The normalized spacial score (nSPS) is 13.5. The van der Waals surface area contributed by atoms with Gasteiger partial charge >= 0.3 is 0 Å². The van der Waals surface area contributed by atoms with Crippen LogP contribution in [-0.4, -0.2) is 35.7 Å². The standard InChI is InChI=1S/C25H30N4O/c1-2-26-24(28-18-16-23-15-9-10-17-27-23)29-20-25(30,22-13-7-4-8-14-22)19-21-11-5-3-6-12-21/h3-15,17,30H,2,16,18-20H2,1H3,(H2,26,28,29). The van der Waals surface area contributed by atoms with Crippen LogP contribution in [0.1, 0.15) is 23.7 Å². The number of pyridine rings is 1. The maximum Gasteiger partial charge on any atom is 0.191 e. The molecule has 5 heteroatoms. The van der Waals surface area contributed by atoms with Gasteiger partial charge in [0.1, 0.15) is 5.60 Å². The fourth-order valence-electron chi connectivity index (χ4n) is 3.34. The first-order valence-corrected chi connectivity index (χ1v) is 10.4. The molecular weight excluding hydrogens is 372 g/mol. The molecule has 1 atom stereocenters. The van der Waals surface area contributed by atoms with E-state index < -0.39 is 5.60 Å². The Morgan fingerprint density at radius 2 is 1.63 bits per heavy atom. The molecule has 0 saturated carbocycles. The predicted molar refractivity (Wildman–Crippen MR) is 122 cm³/mol. The van der Waals surface area contributed by atoms with Gasteiger partial charge in [0.15, 0.2) is 5.96 Å². The van der Waals surface area contributed by atoms with Crippen LogP contribution >= 0.6 is 0 Å². The minimum atomic E-state index is -1.09. The molecule has 0 aliphatic carbocycles. The van der Waals surface area contributed by atoms with Gasteiger partial charge in [0.2, 0.25) is 0 Å². The first kappa shape index (κ1) is 21.5. The van der Waals surface area contributed by atoms with Crippen LogP contribution in [0.25, 0.3) is 0 Å². The van der Waals surface area contributed by atoms with Gasteiger partial charge in [-0.25, -0.2) is 4.99 Å². The van der Waals surface area contributed by atoms with E-state index in [1.165, 1.54) is 0 Å². The molecule has 3 aromatic rings. The molecule has 5 nitrogen and oxygen atoms in total. The Balaban J connectivity index is 1.72. The zero-order chi connectivity index (χ0) is 21.1. The van der Waals surface area contributed by atoms with E-state index in [2.05, 4.69) is 15.6 Å². The average molecular weight is 403 g/mol. The minimum Gasteiger partial charge on any atom is -0.383 e. The Hall–Kier alpha value is -3.18. The van der Waals surface area contributed by atoms with E-state index in [1.54, 1.807) is 6.20 Å². The lowest BCUT2D eigenvalue weighted by atomic mass is 9.87. The number of aliphatic hydroxyl groups is 1.